The Morgan fingerprint density at radius 2 is 2.17 bits per heavy atom. The molecule has 0 amide bonds. The lowest BCUT2D eigenvalue weighted by atomic mass is 9.89. The molecule has 0 saturated carbocycles. The van der Waals surface area contributed by atoms with E-state index in [4.69, 9.17) is 4.74 Å². The van der Waals surface area contributed by atoms with E-state index in [-0.39, 0.29) is 11.9 Å². The highest BCUT2D eigenvalue weighted by Crippen LogP contribution is 2.43. The van der Waals surface area contributed by atoms with Gasteiger partial charge in [0.05, 0.1) is 23.1 Å². The van der Waals surface area contributed by atoms with Crippen molar-refractivity contribution in [1.82, 2.24) is 14.9 Å². The molecule has 3 heterocycles. The molecule has 0 bridgehead atoms. The van der Waals surface area contributed by atoms with Crippen molar-refractivity contribution in [3.8, 4) is 0 Å². The number of rotatable bonds is 7. The average Bonchev–Trinajstić information content (AvgIpc) is 2.77. The summed E-state index contributed by atoms with van der Waals surface area (Å²) in [7, 11) is 0. The number of carbonyl (C=O) groups is 1. The number of benzene rings is 1. The lowest BCUT2D eigenvalue weighted by Gasteiger charge is -2.32. The Morgan fingerprint density at radius 1 is 1.33 bits per heavy atom. The molecule has 2 aromatic rings. The molecule has 30 heavy (non-hydrogen) atoms. The fourth-order valence-electron chi connectivity index (χ4n) is 4.17. The van der Waals surface area contributed by atoms with Crippen LogP contribution in [0.1, 0.15) is 45.1 Å². The molecule has 1 atom stereocenters. The molecule has 2 aliphatic heterocycles. The minimum atomic E-state index is -0.0526. The van der Waals surface area contributed by atoms with Crippen LogP contribution in [0.2, 0.25) is 0 Å². The smallest absolute Gasteiger partial charge is 0.308 e. The van der Waals surface area contributed by atoms with Crippen molar-refractivity contribution in [2.24, 2.45) is 11.8 Å². The van der Waals surface area contributed by atoms with Crippen molar-refractivity contribution >= 4 is 29.2 Å². The van der Waals surface area contributed by atoms with Gasteiger partial charge in [-0.2, -0.15) is 0 Å². The molecule has 0 radical (unpaired) electrons. The molecule has 4 rings (SSSR count). The third-order valence-corrected chi connectivity index (χ3v) is 7.10. The lowest BCUT2D eigenvalue weighted by molar-refractivity contribution is -0.147. The van der Waals surface area contributed by atoms with Crippen LogP contribution in [0.25, 0.3) is 0 Å². The van der Waals surface area contributed by atoms with Crippen LogP contribution in [0, 0.1) is 11.8 Å². The van der Waals surface area contributed by atoms with Crippen molar-refractivity contribution < 1.29 is 9.53 Å². The normalized spacial score (nSPS) is 17.5. The Morgan fingerprint density at radius 3 is 2.97 bits per heavy atom. The molecule has 1 saturated heterocycles. The van der Waals surface area contributed by atoms with Crippen LogP contribution < -0.4 is 5.32 Å². The molecule has 0 spiro atoms. The van der Waals surface area contributed by atoms with Gasteiger partial charge in [0.15, 0.2) is 0 Å². The van der Waals surface area contributed by atoms with Crippen molar-refractivity contribution in [2.75, 3.05) is 25.0 Å². The number of fused-ring (bicyclic) bond motifs is 2. The molecule has 1 N–H and O–H groups in total. The van der Waals surface area contributed by atoms with Gasteiger partial charge in [0.25, 0.3) is 0 Å². The minimum absolute atomic E-state index is 0.0132. The van der Waals surface area contributed by atoms with E-state index in [1.54, 1.807) is 18.1 Å². The zero-order valence-corrected chi connectivity index (χ0v) is 18.6. The van der Waals surface area contributed by atoms with E-state index < -0.39 is 0 Å². The van der Waals surface area contributed by atoms with Crippen molar-refractivity contribution in [2.45, 2.75) is 55.9 Å². The van der Waals surface area contributed by atoms with Gasteiger partial charge in [-0.3, -0.25) is 9.69 Å². The summed E-state index contributed by atoms with van der Waals surface area (Å²) in [6.45, 7) is 7.54. The van der Waals surface area contributed by atoms with Gasteiger partial charge in [0, 0.05) is 17.6 Å². The van der Waals surface area contributed by atoms with E-state index in [1.807, 2.05) is 20.0 Å². The maximum Gasteiger partial charge on any atom is 0.308 e. The summed E-state index contributed by atoms with van der Waals surface area (Å²) in [6, 6.07) is 6.68. The standard InChI is InChI=1S/C23H30N4O2S/c1-3-29-23(28)16(2)4-5-17-8-10-27(11-9-17)14-18-6-7-20-19(12-18)26-22-21(30-20)13-24-15-25-22/h6-7,12-13,15-17H,3-5,8-11,14H2,1-2H3,(H,24,25,26). The van der Waals surface area contributed by atoms with E-state index in [0.717, 1.165) is 54.8 Å². The predicted molar refractivity (Wildman–Crippen MR) is 119 cm³/mol. The Labute approximate surface area is 182 Å². The topological polar surface area (TPSA) is 67.3 Å². The van der Waals surface area contributed by atoms with Gasteiger partial charge in [-0.15, -0.1) is 0 Å². The molecular formula is C23H30N4O2S. The maximum atomic E-state index is 11.8. The number of aromatic nitrogens is 2. The fourth-order valence-corrected chi connectivity index (χ4v) is 5.08. The summed E-state index contributed by atoms with van der Waals surface area (Å²) in [5.74, 6) is 1.57. The lowest BCUT2D eigenvalue weighted by Crippen LogP contribution is -2.33. The van der Waals surface area contributed by atoms with Gasteiger partial charge in [-0.05, 0) is 69.3 Å². The number of anilines is 2. The number of carbonyl (C=O) groups excluding carboxylic acids is 1. The Kier molecular flexibility index (Phi) is 6.89. The van der Waals surface area contributed by atoms with E-state index in [9.17, 15) is 4.79 Å². The Hall–Kier alpha value is -2.12. The molecule has 6 nitrogen and oxygen atoms in total. The molecule has 1 aromatic carbocycles. The van der Waals surface area contributed by atoms with Crippen LogP contribution in [0.4, 0.5) is 11.5 Å². The third-order valence-electron chi connectivity index (χ3n) is 6.01. The van der Waals surface area contributed by atoms with Gasteiger partial charge in [-0.1, -0.05) is 24.8 Å². The molecular weight excluding hydrogens is 396 g/mol. The fraction of sp³-hybridized carbons (Fsp3) is 0.522. The number of esters is 1. The van der Waals surface area contributed by atoms with E-state index >= 15 is 0 Å². The van der Waals surface area contributed by atoms with E-state index in [2.05, 4.69) is 38.4 Å². The number of ether oxygens (including phenoxy) is 1. The Bertz CT molecular complexity index is 883. The van der Waals surface area contributed by atoms with Crippen molar-refractivity contribution in [3.63, 3.8) is 0 Å². The molecule has 1 unspecified atom stereocenters. The van der Waals surface area contributed by atoms with Crippen LogP contribution in [0.15, 0.2) is 40.5 Å². The number of hydrogen-bond acceptors (Lipinski definition) is 7. The summed E-state index contributed by atoms with van der Waals surface area (Å²) in [4.78, 5) is 25.1. The first-order valence-electron chi connectivity index (χ1n) is 10.9. The van der Waals surface area contributed by atoms with Gasteiger partial charge >= 0.3 is 5.97 Å². The number of likely N-dealkylation sites (tertiary alicyclic amines) is 1. The summed E-state index contributed by atoms with van der Waals surface area (Å²) in [6.07, 6.45) is 7.91. The van der Waals surface area contributed by atoms with E-state index in [1.165, 1.54) is 23.3 Å². The molecule has 1 fully saturated rings. The quantitative estimate of drug-likeness (QED) is 0.540. The summed E-state index contributed by atoms with van der Waals surface area (Å²) < 4.78 is 5.13. The predicted octanol–water partition coefficient (Wildman–Crippen LogP) is 4.88. The molecule has 2 aliphatic rings. The largest absolute Gasteiger partial charge is 0.466 e. The first-order chi connectivity index (χ1) is 14.6. The van der Waals surface area contributed by atoms with Gasteiger partial charge < -0.3 is 10.1 Å². The van der Waals surface area contributed by atoms with Crippen LogP contribution in [-0.2, 0) is 16.1 Å². The van der Waals surface area contributed by atoms with Crippen LogP contribution >= 0.6 is 11.8 Å². The highest BCUT2D eigenvalue weighted by Gasteiger charge is 2.23. The molecule has 0 aliphatic carbocycles. The first-order valence-corrected chi connectivity index (χ1v) is 11.7. The highest BCUT2D eigenvalue weighted by molar-refractivity contribution is 7.99. The van der Waals surface area contributed by atoms with Gasteiger partial charge in [-0.25, -0.2) is 9.97 Å². The van der Waals surface area contributed by atoms with Gasteiger partial charge in [0.1, 0.15) is 12.1 Å². The van der Waals surface area contributed by atoms with Crippen molar-refractivity contribution in [1.29, 1.82) is 0 Å². The zero-order chi connectivity index (χ0) is 20.9. The number of nitrogens with zero attached hydrogens (tertiary/aromatic N) is 3. The van der Waals surface area contributed by atoms with Crippen LogP contribution in [-0.4, -0.2) is 40.5 Å². The molecule has 160 valence electrons. The number of piperidine rings is 1. The highest BCUT2D eigenvalue weighted by atomic mass is 32.2. The molecule has 1 aromatic heterocycles. The van der Waals surface area contributed by atoms with Crippen molar-refractivity contribution in [3.05, 3.63) is 36.3 Å². The minimum Gasteiger partial charge on any atom is -0.466 e. The van der Waals surface area contributed by atoms with E-state index in [0.29, 0.717) is 6.61 Å². The number of nitrogens with one attached hydrogen (secondary N) is 1. The molecule has 7 heteroatoms. The van der Waals surface area contributed by atoms with Crippen LogP contribution in [0.5, 0.6) is 0 Å². The van der Waals surface area contributed by atoms with Crippen LogP contribution in [0.3, 0.4) is 0 Å². The Balaban J connectivity index is 1.25. The summed E-state index contributed by atoms with van der Waals surface area (Å²) in [5.41, 5.74) is 2.46. The zero-order valence-electron chi connectivity index (χ0n) is 17.8. The maximum absolute atomic E-state index is 11.8. The summed E-state index contributed by atoms with van der Waals surface area (Å²) in [5, 5.41) is 3.44. The monoisotopic (exact) mass is 426 g/mol. The average molecular weight is 427 g/mol. The second-order valence-electron chi connectivity index (χ2n) is 8.24. The van der Waals surface area contributed by atoms with Gasteiger partial charge in [0.2, 0.25) is 0 Å². The second-order valence-corrected chi connectivity index (χ2v) is 9.33. The second kappa shape index (κ2) is 9.79. The third kappa shape index (κ3) is 5.13. The first kappa shape index (κ1) is 21.1. The summed E-state index contributed by atoms with van der Waals surface area (Å²) >= 11 is 1.72. The SMILES string of the molecule is CCOC(=O)C(C)CCC1CCN(Cc2ccc3c(c2)Nc2ncncc2S3)CC1. The number of hydrogen-bond donors (Lipinski definition) is 1.